The SMILES string of the molecule is CCn1nc(C)cc1CC(=O)c1cc(Cl)ccc1Cl. The van der Waals surface area contributed by atoms with Crippen LogP contribution >= 0.6 is 23.2 Å². The van der Waals surface area contributed by atoms with E-state index in [-0.39, 0.29) is 12.2 Å². The summed E-state index contributed by atoms with van der Waals surface area (Å²) in [7, 11) is 0. The predicted molar refractivity (Wildman–Crippen MR) is 77.1 cm³/mol. The molecule has 0 saturated carbocycles. The summed E-state index contributed by atoms with van der Waals surface area (Å²) in [5.41, 5.74) is 2.25. The Hall–Kier alpha value is -1.32. The lowest BCUT2D eigenvalue weighted by atomic mass is 10.1. The summed E-state index contributed by atoms with van der Waals surface area (Å²) in [6, 6.07) is 6.83. The van der Waals surface area contributed by atoms with Crippen LogP contribution in [0.3, 0.4) is 0 Å². The van der Waals surface area contributed by atoms with Crippen molar-refractivity contribution in [1.29, 1.82) is 0 Å². The molecule has 0 saturated heterocycles. The number of rotatable bonds is 4. The van der Waals surface area contributed by atoms with Gasteiger partial charge >= 0.3 is 0 Å². The lowest BCUT2D eigenvalue weighted by molar-refractivity contribution is 0.0990. The van der Waals surface area contributed by atoms with Gasteiger partial charge in [0, 0.05) is 22.8 Å². The molecule has 1 aromatic heterocycles. The quantitative estimate of drug-likeness (QED) is 0.801. The highest BCUT2D eigenvalue weighted by molar-refractivity contribution is 6.35. The molecule has 0 amide bonds. The van der Waals surface area contributed by atoms with Gasteiger partial charge in [0.1, 0.15) is 0 Å². The summed E-state index contributed by atoms with van der Waals surface area (Å²) in [6.07, 6.45) is 0.273. The van der Waals surface area contributed by atoms with Gasteiger partial charge in [-0.1, -0.05) is 23.2 Å². The van der Waals surface area contributed by atoms with Crippen molar-refractivity contribution >= 4 is 29.0 Å². The van der Waals surface area contributed by atoms with Crippen molar-refractivity contribution in [3.8, 4) is 0 Å². The van der Waals surface area contributed by atoms with Crippen molar-refractivity contribution in [3.63, 3.8) is 0 Å². The third-order valence-corrected chi connectivity index (χ3v) is 3.42. The van der Waals surface area contributed by atoms with E-state index in [1.165, 1.54) is 0 Å². The first-order valence-electron chi connectivity index (χ1n) is 6.03. The van der Waals surface area contributed by atoms with Crippen LogP contribution in [0.25, 0.3) is 0 Å². The van der Waals surface area contributed by atoms with Gasteiger partial charge in [0.05, 0.1) is 17.1 Å². The highest BCUT2D eigenvalue weighted by Crippen LogP contribution is 2.22. The molecule has 0 aliphatic carbocycles. The highest BCUT2D eigenvalue weighted by Gasteiger charge is 2.14. The minimum Gasteiger partial charge on any atom is -0.294 e. The number of benzene rings is 1. The van der Waals surface area contributed by atoms with E-state index in [4.69, 9.17) is 23.2 Å². The molecule has 2 rings (SSSR count). The maximum Gasteiger partial charge on any atom is 0.170 e. The van der Waals surface area contributed by atoms with Crippen LogP contribution < -0.4 is 0 Å². The van der Waals surface area contributed by atoms with Gasteiger partial charge in [-0.25, -0.2) is 0 Å². The Balaban J connectivity index is 2.27. The molecule has 0 radical (unpaired) electrons. The largest absolute Gasteiger partial charge is 0.294 e. The zero-order chi connectivity index (χ0) is 14.0. The number of hydrogen-bond acceptors (Lipinski definition) is 2. The molecule has 0 unspecified atom stereocenters. The molecule has 0 aliphatic rings. The number of aryl methyl sites for hydroxylation is 2. The predicted octanol–water partition coefficient (Wildman–Crippen LogP) is 3.94. The van der Waals surface area contributed by atoms with Crippen LogP contribution in [0.1, 0.15) is 28.7 Å². The second kappa shape index (κ2) is 5.76. The van der Waals surface area contributed by atoms with Gasteiger partial charge in [-0.3, -0.25) is 9.48 Å². The van der Waals surface area contributed by atoms with Gasteiger partial charge in [-0.2, -0.15) is 5.10 Å². The monoisotopic (exact) mass is 296 g/mol. The van der Waals surface area contributed by atoms with Gasteiger partial charge in [-0.15, -0.1) is 0 Å². The minimum atomic E-state index is -0.0536. The summed E-state index contributed by atoms with van der Waals surface area (Å²) in [4.78, 5) is 12.3. The van der Waals surface area contributed by atoms with Crippen molar-refractivity contribution in [3.05, 3.63) is 51.3 Å². The first-order chi connectivity index (χ1) is 9.01. The van der Waals surface area contributed by atoms with Crippen molar-refractivity contribution in [2.24, 2.45) is 0 Å². The van der Waals surface area contributed by atoms with E-state index >= 15 is 0 Å². The van der Waals surface area contributed by atoms with E-state index in [1.807, 2.05) is 24.6 Å². The number of carbonyl (C=O) groups is 1. The summed E-state index contributed by atoms with van der Waals surface area (Å²) < 4.78 is 1.83. The molecule has 0 N–H and O–H groups in total. The Morgan fingerprint density at radius 3 is 2.74 bits per heavy atom. The first-order valence-corrected chi connectivity index (χ1v) is 6.78. The van der Waals surface area contributed by atoms with E-state index in [2.05, 4.69) is 5.10 Å². The summed E-state index contributed by atoms with van der Waals surface area (Å²) in [5, 5.41) is 5.25. The topological polar surface area (TPSA) is 34.9 Å². The van der Waals surface area contributed by atoms with E-state index in [0.717, 1.165) is 17.9 Å². The molecule has 0 spiro atoms. The fourth-order valence-electron chi connectivity index (χ4n) is 1.99. The average Bonchev–Trinajstić information content (AvgIpc) is 2.72. The Morgan fingerprint density at radius 1 is 1.32 bits per heavy atom. The number of nitrogens with zero attached hydrogens (tertiary/aromatic N) is 2. The lowest BCUT2D eigenvalue weighted by Crippen LogP contribution is -2.10. The zero-order valence-electron chi connectivity index (χ0n) is 10.8. The van der Waals surface area contributed by atoms with Crippen molar-refractivity contribution in [2.45, 2.75) is 26.8 Å². The molecule has 1 aromatic carbocycles. The van der Waals surface area contributed by atoms with Crippen LogP contribution in [0, 0.1) is 6.92 Å². The maximum absolute atomic E-state index is 12.3. The molecule has 0 fully saturated rings. The smallest absolute Gasteiger partial charge is 0.170 e. The molecular weight excluding hydrogens is 283 g/mol. The first kappa shape index (κ1) is 14.1. The van der Waals surface area contributed by atoms with Crippen LogP contribution in [0.4, 0.5) is 0 Å². The number of Topliss-reactive ketones (excluding diaryl/α,β-unsaturated/α-hetero) is 1. The van der Waals surface area contributed by atoms with Gasteiger partial charge in [0.2, 0.25) is 0 Å². The van der Waals surface area contributed by atoms with Gasteiger partial charge in [-0.05, 0) is 38.1 Å². The number of halogens is 2. The third-order valence-electron chi connectivity index (χ3n) is 2.86. The molecule has 2 aromatic rings. The Bertz CT molecular complexity index is 620. The Labute approximate surface area is 122 Å². The zero-order valence-corrected chi connectivity index (χ0v) is 12.3. The highest BCUT2D eigenvalue weighted by atomic mass is 35.5. The number of carbonyl (C=O) groups excluding carboxylic acids is 1. The lowest BCUT2D eigenvalue weighted by Gasteiger charge is -2.06. The van der Waals surface area contributed by atoms with E-state index < -0.39 is 0 Å². The molecule has 0 atom stereocenters. The van der Waals surface area contributed by atoms with Crippen LogP contribution in [0.2, 0.25) is 10.0 Å². The third kappa shape index (κ3) is 3.17. The van der Waals surface area contributed by atoms with Crippen LogP contribution in [-0.2, 0) is 13.0 Å². The van der Waals surface area contributed by atoms with Gasteiger partial charge in [0.15, 0.2) is 5.78 Å². The number of aromatic nitrogens is 2. The molecule has 3 nitrogen and oxygen atoms in total. The van der Waals surface area contributed by atoms with Crippen LogP contribution in [-0.4, -0.2) is 15.6 Å². The van der Waals surface area contributed by atoms with Crippen LogP contribution in [0.5, 0.6) is 0 Å². The van der Waals surface area contributed by atoms with E-state index in [9.17, 15) is 4.79 Å². The molecule has 5 heteroatoms. The van der Waals surface area contributed by atoms with Gasteiger partial charge in [0.25, 0.3) is 0 Å². The van der Waals surface area contributed by atoms with Crippen LogP contribution in [0.15, 0.2) is 24.3 Å². The fraction of sp³-hybridized carbons (Fsp3) is 0.286. The standard InChI is InChI=1S/C14H14Cl2N2O/c1-3-18-11(6-9(2)17-18)8-14(19)12-7-10(15)4-5-13(12)16/h4-7H,3,8H2,1-2H3. The molecule has 1 heterocycles. The van der Waals surface area contributed by atoms with E-state index in [1.54, 1.807) is 18.2 Å². The van der Waals surface area contributed by atoms with Crippen molar-refractivity contribution < 1.29 is 4.79 Å². The molecule has 100 valence electrons. The summed E-state index contributed by atoms with van der Waals surface area (Å²) >= 11 is 11.9. The second-order valence-electron chi connectivity index (χ2n) is 4.32. The molecule has 19 heavy (non-hydrogen) atoms. The summed E-state index contributed by atoms with van der Waals surface area (Å²) in [5.74, 6) is -0.0536. The average molecular weight is 297 g/mol. The molecule has 0 bridgehead atoms. The number of ketones is 1. The van der Waals surface area contributed by atoms with E-state index in [0.29, 0.717) is 15.6 Å². The van der Waals surface area contributed by atoms with Crippen molar-refractivity contribution in [2.75, 3.05) is 0 Å². The molecular formula is C14H14Cl2N2O. The number of hydrogen-bond donors (Lipinski definition) is 0. The Morgan fingerprint density at radius 2 is 2.05 bits per heavy atom. The normalized spacial score (nSPS) is 10.7. The minimum absolute atomic E-state index is 0.0536. The second-order valence-corrected chi connectivity index (χ2v) is 5.16. The maximum atomic E-state index is 12.3. The van der Waals surface area contributed by atoms with Crippen molar-refractivity contribution in [1.82, 2.24) is 9.78 Å². The summed E-state index contributed by atoms with van der Waals surface area (Å²) in [6.45, 7) is 4.64. The Kier molecular flexibility index (Phi) is 4.27. The fourth-order valence-corrected chi connectivity index (χ4v) is 2.38. The van der Waals surface area contributed by atoms with Gasteiger partial charge < -0.3 is 0 Å². The molecule has 0 aliphatic heterocycles.